The lowest BCUT2D eigenvalue weighted by Crippen LogP contribution is -2.52. The van der Waals surface area contributed by atoms with Crippen LogP contribution in [-0.2, 0) is 9.53 Å². The van der Waals surface area contributed by atoms with E-state index < -0.39 is 0 Å². The van der Waals surface area contributed by atoms with E-state index in [9.17, 15) is 4.79 Å². The number of amides is 1. The standard InChI is InChI=1S/C19H29ClN4O2S/c1-14-11-15(2)18(16(20)12-14)22-19(27)24-8-6-23(7-9-24)13-17(25)21-5-4-10-26-3/h11-12H,4-10,13H2,1-3H3,(H,21,25)(H,22,27). The molecule has 1 saturated heterocycles. The molecule has 0 aliphatic carbocycles. The van der Waals surface area contributed by atoms with Gasteiger partial charge in [0.2, 0.25) is 5.91 Å². The molecule has 8 heteroatoms. The van der Waals surface area contributed by atoms with Crippen molar-refractivity contribution in [2.45, 2.75) is 20.3 Å². The van der Waals surface area contributed by atoms with Crippen LogP contribution in [0.2, 0.25) is 5.02 Å². The van der Waals surface area contributed by atoms with Crippen molar-refractivity contribution < 1.29 is 9.53 Å². The highest BCUT2D eigenvalue weighted by Crippen LogP contribution is 2.27. The van der Waals surface area contributed by atoms with Gasteiger partial charge in [0, 0.05) is 46.4 Å². The lowest BCUT2D eigenvalue weighted by atomic mass is 10.1. The van der Waals surface area contributed by atoms with Crippen LogP contribution >= 0.6 is 23.8 Å². The lowest BCUT2D eigenvalue weighted by Gasteiger charge is -2.36. The molecule has 1 aromatic rings. The number of hydrogen-bond donors (Lipinski definition) is 2. The summed E-state index contributed by atoms with van der Waals surface area (Å²) < 4.78 is 4.98. The molecule has 2 rings (SSSR count). The Morgan fingerprint density at radius 3 is 2.59 bits per heavy atom. The van der Waals surface area contributed by atoms with Crippen molar-refractivity contribution in [3.8, 4) is 0 Å². The van der Waals surface area contributed by atoms with Crippen molar-refractivity contribution in [1.29, 1.82) is 0 Å². The van der Waals surface area contributed by atoms with E-state index in [1.54, 1.807) is 7.11 Å². The molecule has 1 aliphatic heterocycles. The number of nitrogens with zero attached hydrogens (tertiary/aromatic N) is 2. The summed E-state index contributed by atoms with van der Waals surface area (Å²) in [6.45, 7) is 8.94. The third kappa shape index (κ3) is 6.92. The SMILES string of the molecule is COCCCNC(=O)CN1CCN(C(=S)Nc2c(C)cc(C)cc2Cl)CC1. The van der Waals surface area contributed by atoms with Crippen molar-refractivity contribution in [1.82, 2.24) is 15.1 Å². The molecule has 0 atom stereocenters. The fourth-order valence-electron chi connectivity index (χ4n) is 3.07. The van der Waals surface area contributed by atoms with E-state index in [0.717, 1.165) is 49.4 Å². The van der Waals surface area contributed by atoms with Crippen LogP contribution in [0.5, 0.6) is 0 Å². The third-order valence-electron chi connectivity index (χ3n) is 4.54. The fourth-order valence-corrected chi connectivity index (χ4v) is 3.73. The second-order valence-corrected chi connectivity index (χ2v) is 7.62. The molecule has 0 radical (unpaired) electrons. The normalized spacial score (nSPS) is 14.9. The van der Waals surface area contributed by atoms with Gasteiger partial charge < -0.3 is 20.3 Å². The number of methoxy groups -OCH3 is 1. The van der Waals surface area contributed by atoms with Crippen LogP contribution in [-0.4, -0.2) is 73.8 Å². The number of carbonyl (C=O) groups excluding carboxylic acids is 1. The second kappa shape index (κ2) is 10.8. The Morgan fingerprint density at radius 2 is 1.96 bits per heavy atom. The number of aryl methyl sites for hydroxylation is 2. The molecular formula is C19H29ClN4O2S. The minimum atomic E-state index is 0.0577. The summed E-state index contributed by atoms with van der Waals surface area (Å²) in [6.07, 6.45) is 0.830. The number of thiocarbonyl (C=S) groups is 1. The maximum atomic E-state index is 12.0. The molecule has 150 valence electrons. The summed E-state index contributed by atoms with van der Waals surface area (Å²) in [5.41, 5.74) is 3.07. The highest BCUT2D eigenvalue weighted by atomic mass is 35.5. The van der Waals surface area contributed by atoms with Crippen LogP contribution in [0.3, 0.4) is 0 Å². The molecule has 0 bridgehead atoms. The minimum Gasteiger partial charge on any atom is -0.385 e. The maximum Gasteiger partial charge on any atom is 0.234 e. The molecule has 2 N–H and O–H groups in total. The van der Waals surface area contributed by atoms with Crippen molar-refractivity contribution in [3.63, 3.8) is 0 Å². The Morgan fingerprint density at radius 1 is 1.26 bits per heavy atom. The minimum absolute atomic E-state index is 0.0577. The lowest BCUT2D eigenvalue weighted by molar-refractivity contribution is -0.122. The van der Waals surface area contributed by atoms with E-state index in [0.29, 0.717) is 29.8 Å². The van der Waals surface area contributed by atoms with Gasteiger partial charge in [-0.25, -0.2) is 0 Å². The maximum absolute atomic E-state index is 12.0. The Hall–Kier alpha value is -1.41. The van der Waals surface area contributed by atoms with Gasteiger partial charge in [-0.3, -0.25) is 9.69 Å². The number of carbonyl (C=O) groups is 1. The molecule has 1 amide bonds. The van der Waals surface area contributed by atoms with Gasteiger partial charge in [0.25, 0.3) is 0 Å². The van der Waals surface area contributed by atoms with E-state index in [4.69, 9.17) is 28.6 Å². The number of rotatable bonds is 7. The second-order valence-electron chi connectivity index (χ2n) is 6.83. The number of nitrogens with one attached hydrogen (secondary N) is 2. The molecule has 27 heavy (non-hydrogen) atoms. The van der Waals surface area contributed by atoms with Crippen LogP contribution in [0.25, 0.3) is 0 Å². The molecule has 1 heterocycles. The molecule has 1 aromatic carbocycles. The fraction of sp³-hybridized carbons (Fsp3) is 0.579. The summed E-state index contributed by atoms with van der Waals surface area (Å²) in [5.74, 6) is 0.0577. The molecule has 0 saturated carbocycles. The Labute approximate surface area is 172 Å². The first kappa shape index (κ1) is 21.9. The Balaban J connectivity index is 1.77. The summed E-state index contributed by atoms with van der Waals surface area (Å²) in [4.78, 5) is 16.2. The van der Waals surface area contributed by atoms with Crippen molar-refractivity contribution in [3.05, 3.63) is 28.3 Å². The van der Waals surface area contributed by atoms with Gasteiger partial charge in [0.15, 0.2) is 5.11 Å². The summed E-state index contributed by atoms with van der Waals surface area (Å²) in [7, 11) is 1.66. The van der Waals surface area contributed by atoms with Crippen molar-refractivity contribution in [2.24, 2.45) is 0 Å². The van der Waals surface area contributed by atoms with Gasteiger partial charge >= 0.3 is 0 Å². The largest absolute Gasteiger partial charge is 0.385 e. The monoisotopic (exact) mass is 412 g/mol. The van der Waals surface area contributed by atoms with Gasteiger partial charge in [0.05, 0.1) is 17.3 Å². The zero-order valence-corrected chi connectivity index (χ0v) is 17.9. The number of hydrogen-bond acceptors (Lipinski definition) is 4. The summed E-state index contributed by atoms with van der Waals surface area (Å²) >= 11 is 11.9. The smallest absolute Gasteiger partial charge is 0.234 e. The van der Waals surface area contributed by atoms with E-state index in [-0.39, 0.29) is 5.91 Å². The topological polar surface area (TPSA) is 56.8 Å². The zero-order chi connectivity index (χ0) is 19.8. The molecule has 0 spiro atoms. The molecular weight excluding hydrogens is 384 g/mol. The van der Waals surface area contributed by atoms with Crippen LogP contribution in [0.4, 0.5) is 5.69 Å². The summed E-state index contributed by atoms with van der Waals surface area (Å²) in [6, 6.07) is 4.02. The average Bonchev–Trinajstić information content (AvgIpc) is 2.62. The predicted molar refractivity (Wildman–Crippen MR) is 115 cm³/mol. The number of piperazine rings is 1. The summed E-state index contributed by atoms with van der Waals surface area (Å²) in [5, 5.41) is 7.56. The van der Waals surface area contributed by atoms with E-state index in [1.165, 1.54) is 0 Å². The number of benzene rings is 1. The number of halogens is 1. The van der Waals surface area contributed by atoms with Crippen molar-refractivity contribution >= 4 is 40.5 Å². The van der Waals surface area contributed by atoms with Gasteiger partial charge in [0.1, 0.15) is 0 Å². The first-order chi connectivity index (χ1) is 12.9. The van der Waals surface area contributed by atoms with Gasteiger partial charge in [-0.05, 0) is 49.7 Å². The van der Waals surface area contributed by atoms with E-state index >= 15 is 0 Å². The highest BCUT2D eigenvalue weighted by molar-refractivity contribution is 7.80. The van der Waals surface area contributed by atoms with Gasteiger partial charge in [-0.15, -0.1) is 0 Å². The van der Waals surface area contributed by atoms with Crippen LogP contribution in [0, 0.1) is 13.8 Å². The molecule has 1 aliphatic rings. The van der Waals surface area contributed by atoms with Gasteiger partial charge in [-0.1, -0.05) is 17.7 Å². The molecule has 6 nitrogen and oxygen atoms in total. The highest BCUT2D eigenvalue weighted by Gasteiger charge is 2.21. The molecule has 0 aromatic heterocycles. The first-order valence-electron chi connectivity index (χ1n) is 9.21. The predicted octanol–water partition coefficient (Wildman–Crippen LogP) is 2.42. The number of ether oxygens (including phenoxy) is 1. The third-order valence-corrected chi connectivity index (χ3v) is 5.20. The van der Waals surface area contributed by atoms with Crippen LogP contribution in [0.1, 0.15) is 17.5 Å². The van der Waals surface area contributed by atoms with E-state index in [1.807, 2.05) is 19.9 Å². The Bertz CT molecular complexity index is 640. The van der Waals surface area contributed by atoms with Crippen molar-refractivity contribution in [2.75, 3.05) is 58.3 Å². The average molecular weight is 413 g/mol. The Kier molecular flexibility index (Phi) is 8.76. The molecule has 1 fully saturated rings. The first-order valence-corrected chi connectivity index (χ1v) is 10.00. The quantitative estimate of drug-likeness (QED) is 0.530. The van der Waals surface area contributed by atoms with E-state index in [2.05, 4.69) is 26.5 Å². The van der Waals surface area contributed by atoms with Crippen LogP contribution in [0.15, 0.2) is 12.1 Å². The number of anilines is 1. The van der Waals surface area contributed by atoms with Crippen LogP contribution < -0.4 is 10.6 Å². The van der Waals surface area contributed by atoms with Gasteiger partial charge in [-0.2, -0.15) is 0 Å². The molecule has 0 unspecified atom stereocenters. The zero-order valence-electron chi connectivity index (χ0n) is 16.3.